The number of ether oxygens (including phenoxy) is 1. The van der Waals surface area contributed by atoms with Crippen LogP contribution in [0.5, 0.6) is 5.75 Å². The molecule has 1 aliphatic rings. The van der Waals surface area contributed by atoms with Gasteiger partial charge in [-0.2, -0.15) is 0 Å². The summed E-state index contributed by atoms with van der Waals surface area (Å²) in [5, 5.41) is 10.5. The second-order valence-electron chi connectivity index (χ2n) is 3.80. The van der Waals surface area contributed by atoms with Crippen molar-refractivity contribution in [3.8, 4) is 5.75 Å². The van der Waals surface area contributed by atoms with E-state index in [2.05, 4.69) is 0 Å². The summed E-state index contributed by atoms with van der Waals surface area (Å²) < 4.78 is 5.07. The maximum Gasteiger partial charge on any atom is 0.314 e. The maximum absolute atomic E-state index is 11.5. The number of nitrogens with zero attached hydrogens (tertiary/aromatic N) is 1. The summed E-state index contributed by atoms with van der Waals surface area (Å²) in [6.45, 7) is 0. The number of hydrogen-bond acceptors (Lipinski definition) is 4. The van der Waals surface area contributed by atoms with Crippen LogP contribution in [0.15, 0.2) is 24.3 Å². The molecule has 0 unspecified atom stereocenters. The van der Waals surface area contributed by atoms with Gasteiger partial charge in [-0.3, -0.25) is 14.9 Å². The van der Waals surface area contributed by atoms with Crippen molar-refractivity contribution in [3.05, 3.63) is 34.4 Å². The largest absolute Gasteiger partial charge is 0.426 e. The van der Waals surface area contributed by atoms with Crippen molar-refractivity contribution in [3.63, 3.8) is 0 Å². The molecule has 2 rings (SSSR count). The number of nitro groups is 1. The number of benzene rings is 1. The Kier molecular flexibility index (Phi) is 2.85. The van der Waals surface area contributed by atoms with Crippen LogP contribution >= 0.6 is 0 Å². The van der Waals surface area contributed by atoms with Gasteiger partial charge in [0.25, 0.3) is 5.69 Å². The van der Waals surface area contributed by atoms with Crippen LogP contribution in [0.1, 0.15) is 19.3 Å². The van der Waals surface area contributed by atoms with E-state index in [9.17, 15) is 14.9 Å². The number of rotatable bonds is 3. The zero-order chi connectivity index (χ0) is 11.5. The Labute approximate surface area is 92.2 Å². The molecule has 0 saturated heterocycles. The first-order valence-electron chi connectivity index (χ1n) is 5.13. The van der Waals surface area contributed by atoms with Crippen LogP contribution in [-0.4, -0.2) is 10.9 Å². The molecule has 0 aromatic heterocycles. The van der Waals surface area contributed by atoms with Crippen LogP contribution in [0.25, 0.3) is 0 Å². The molecule has 0 N–H and O–H groups in total. The molecule has 0 radical (unpaired) electrons. The monoisotopic (exact) mass is 221 g/mol. The zero-order valence-corrected chi connectivity index (χ0v) is 8.59. The molecule has 5 heteroatoms. The average molecular weight is 221 g/mol. The van der Waals surface area contributed by atoms with Gasteiger partial charge in [0.1, 0.15) is 5.75 Å². The van der Waals surface area contributed by atoms with Crippen molar-refractivity contribution in [1.29, 1.82) is 0 Å². The van der Waals surface area contributed by atoms with Crippen LogP contribution < -0.4 is 4.74 Å². The molecule has 0 heterocycles. The third-order valence-corrected chi connectivity index (χ3v) is 2.69. The van der Waals surface area contributed by atoms with E-state index in [4.69, 9.17) is 4.74 Å². The Morgan fingerprint density at radius 2 is 2.19 bits per heavy atom. The van der Waals surface area contributed by atoms with Gasteiger partial charge in [-0.05, 0) is 18.9 Å². The van der Waals surface area contributed by atoms with E-state index in [0.29, 0.717) is 0 Å². The lowest BCUT2D eigenvalue weighted by atomic mass is 9.86. The number of nitro benzene ring substituents is 1. The van der Waals surface area contributed by atoms with Gasteiger partial charge in [-0.25, -0.2) is 0 Å². The molecule has 0 aliphatic heterocycles. The molecule has 1 saturated carbocycles. The highest BCUT2D eigenvalue weighted by Crippen LogP contribution is 2.28. The summed E-state index contributed by atoms with van der Waals surface area (Å²) in [5.74, 6) is -0.0721. The number of hydrogen-bond donors (Lipinski definition) is 0. The fourth-order valence-corrected chi connectivity index (χ4v) is 1.50. The zero-order valence-electron chi connectivity index (χ0n) is 8.59. The molecule has 0 spiro atoms. The van der Waals surface area contributed by atoms with Crippen molar-refractivity contribution in [2.75, 3.05) is 0 Å². The van der Waals surface area contributed by atoms with Crippen LogP contribution in [0.4, 0.5) is 5.69 Å². The Balaban J connectivity index is 2.05. The van der Waals surface area contributed by atoms with Gasteiger partial charge in [0.15, 0.2) is 0 Å². The Morgan fingerprint density at radius 1 is 1.44 bits per heavy atom. The number of esters is 1. The molecule has 16 heavy (non-hydrogen) atoms. The van der Waals surface area contributed by atoms with Crippen LogP contribution in [0.3, 0.4) is 0 Å². The van der Waals surface area contributed by atoms with Crippen molar-refractivity contribution in [2.45, 2.75) is 19.3 Å². The lowest BCUT2D eigenvalue weighted by Crippen LogP contribution is -2.26. The lowest BCUT2D eigenvalue weighted by Gasteiger charge is -2.22. The first-order valence-corrected chi connectivity index (χ1v) is 5.13. The Hall–Kier alpha value is -1.91. The van der Waals surface area contributed by atoms with E-state index in [-0.39, 0.29) is 23.3 Å². The van der Waals surface area contributed by atoms with Crippen LogP contribution in [0, 0.1) is 16.0 Å². The third kappa shape index (κ3) is 2.18. The molecule has 1 aromatic carbocycles. The van der Waals surface area contributed by atoms with E-state index >= 15 is 0 Å². The average Bonchev–Trinajstić information content (AvgIpc) is 2.15. The summed E-state index contributed by atoms with van der Waals surface area (Å²) in [4.78, 5) is 21.5. The minimum absolute atomic E-state index is 0.0285. The van der Waals surface area contributed by atoms with Crippen molar-refractivity contribution in [2.24, 2.45) is 5.92 Å². The van der Waals surface area contributed by atoms with Crippen molar-refractivity contribution in [1.82, 2.24) is 0 Å². The highest BCUT2D eigenvalue weighted by molar-refractivity contribution is 5.76. The van der Waals surface area contributed by atoms with E-state index < -0.39 is 4.92 Å². The minimum Gasteiger partial charge on any atom is -0.426 e. The molecule has 1 aromatic rings. The van der Waals surface area contributed by atoms with Gasteiger partial charge >= 0.3 is 5.97 Å². The van der Waals surface area contributed by atoms with E-state index in [1.807, 2.05) is 0 Å². The molecule has 1 fully saturated rings. The molecular formula is C11H11NO4. The van der Waals surface area contributed by atoms with E-state index in [0.717, 1.165) is 19.3 Å². The second-order valence-corrected chi connectivity index (χ2v) is 3.80. The van der Waals surface area contributed by atoms with Gasteiger partial charge in [-0.1, -0.05) is 12.5 Å². The first kappa shape index (κ1) is 10.6. The molecule has 0 atom stereocenters. The Bertz CT molecular complexity index is 426. The van der Waals surface area contributed by atoms with Crippen LogP contribution in [0.2, 0.25) is 0 Å². The Morgan fingerprint density at radius 3 is 2.75 bits per heavy atom. The molecule has 0 bridgehead atoms. The quantitative estimate of drug-likeness (QED) is 0.340. The summed E-state index contributed by atoms with van der Waals surface area (Å²) in [6.07, 6.45) is 2.76. The number of non-ortho nitro benzene ring substituents is 1. The van der Waals surface area contributed by atoms with Gasteiger partial charge < -0.3 is 4.74 Å². The molecule has 84 valence electrons. The fraction of sp³-hybridized carbons (Fsp3) is 0.364. The molecule has 1 aliphatic carbocycles. The standard InChI is InChI=1S/C11H11NO4/c13-11(8-3-1-4-8)16-10-6-2-5-9(7-10)12(14)15/h2,5-8H,1,3-4H2. The highest BCUT2D eigenvalue weighted by atomic mass is 16.6. The smallest absolute Gasteiger partial charge is 0.314 e. The van der Waals surface area contributed by atoms with Gasteiger partial charge in [-0.15, -0.1) is 0 Å². The first-order chi connectivity index (χ1) is 7.66. The van der Waals surface area contributed by atoms with Crippen molar-refractivity contribution < 1.29 is 14.5 Å². The van der Waals surface area contributed by atoms with Gasteiger partial charge in [0.05, 0.1) is 16.9 Å². The second kappa shape index (κ2) is 4.30. The minimum atomic E-state index is -0.513. The normalized spacial score (nSPS) is 15.2. The fourth-order valence-electron chi connectivity index (χ4n) is 1.50. The van der Waals surface area contributed by atoms with E-state index in [1.54, 1.807) is 6.07 Å². The van der Waals surface area contributed by atoms with Gasteiger partial charge in [0.2, 0.25) is 0 Å². The maximum atomic E-state index is 11.5. The molecule has 5 nitrogen and oxygen atoms in total. The summed E-state index contributed by atoms with van der Waals surface area (Å²) >= 11 is 0. The van der Waals surface area contributed by atoms with Crippen molar-refractivity contribution >= 4 is 11.7 Å². The number of carbonyl (C=O) groups is 1. The number of carbonyl (C=O) groups excluding carboxylic acids is 1. The van der Waals surface area contributed by atoms with Crippen LogP contribution in [-0.2, 0) is 4.79 Å². The predicted molar refractivity (Wildman–Crippen MR) is 56.1 cm³/mol. The summed E-state index contributed by atoms with van der Waals surface area (Å²) in [7, 11) is 0. The summed E-state index contributed by atoms with van der Waals surface area (Å²) in [5.41, 5.74) is -0.0705. The SMILES string of the molecule is O=C(Oc1cccc([N+](=O)[O-])c1)C1CCC1. The molecular weight excluding hydrogens is 210 g/mol. The molecule has 0 amide bonds. The third-order valence-electron chi connectivity index (χ3n) is 2.69. The topological polar surface area (TPSA) is 69.4 Å². The highest BCUT2D eigenvalue weighted by Gasteiger charge is 2.27. The van der Waals surface area contributed by atoms with E-state index in [1.165, 1.54) is 18.2 Å². The predicted octanol–water partition coefficient (Wildman–Crippen LogP) is 2.30. The van der Waals surface area contributed by atoms with Gasteiger partial charge in [0, 0.05) is 6.07 Å². The summed E-state index contributed by atoms with van der Waals surface area (Å²) in [6, 6.07) is 5.67. The lowest BCUT2D eigenvalue weighted by molar-refractivity contribution is -0.384.